The number of carbonyl (C=O) groups excluding carboxylic acids is 2. The Morgan fingerprint density at radius 1 is 1.17 bits per heavy atom. The number of benzene rings is 1. The second-order valence-electron chi connectivity index (χ2n) is 6.05. The zero-order valence-electron chi connectivity index (χ0n) is 13.8. The van der Waals surface area contributed by atoms with Crippen LogP contribution >= 0.6 is 0 Å². The Bertz CT molecular complexity index is 525. The van der Waals surface area contributed by atoms with E-state index in [0.29, 0.717) is 26.1 Å². The van der Waals surface area contributed by atoms with Gasteiger partial charge in [-0.3, -0.25) is 9.59 Å². The van der Waals surface area contributed by atoms with Crippen molar-refractivity contribution in [3.63, 3.8) is 0 Å². The van der Waals surface area contributed by atoms with Crippen LogP contribution in [-0.4, -0.2) is 25.5 Å². The molecule has 0 heterocycles. The van der Waals surface area contributed by atoms with Crippen LogP contribution in [0.4, 0.5) is 0 Å². The Labute approximate surface area is 137 Å². The summed E-state index contributed by atoms with van der Waals surface area (Å²) in [7, 11) is 1.66. The van der Waals surface area contributed by atoms with Crippen molar-refractivity contribution in [3.05, 3.63) is 35.4 Å². The van der Waals surface area contributed by atoms with Crippen LogP contribution in [-0.2, 0) is 27.5 Å². The Morgan fingerprint density at radius 2 is 1.91 bits per heavy atom. The first-order valence-corrected chi connectivity index (χ1v) is 8.30. The summed E-state index contributed by atoms with van der Waals surface area (Å²) < 4.78 is 5.10. The largest absolute Gasteiger partial charge is 0.380 e. The fourth-order valence-electron chi connectivity index (χ4n) is 2.92. The summed E-state index contributed by atoms with van der Waals surface area (Å²) >= 11 is 0. The van der Waals surface area contributed by atoms with E-state index in [0.717, 1.165) is 36.8 Å². The van der Waals surface area contributed by atoms with Gasteiger partial charge in [-0.25, -0.2) is 0 Å². The van der Waals surface area contributed by atoms with Crippen molar-refractivity contribution < 1.29 is 14.3 Å². The second-order valence-corrected chi connectivity index (χ2v) is 6.05. The van der Waals surface area contributed by atoms with E-state index in [1.165, 1.54) is 0 Å². The molecule has 0 radical (unpaired) electrons. The summed E-state index contributed by atoms with van der Waals surface area (Å²) in [6.45, 7) is 1.47. The topological polar surface area (TPSA) is 67.4 Å². The van der Waals surface area contributed by atoms with E-state index in [2.05, 4.69) is 10.6 Å². The molecule has 0 saturated heterocycles. The number of amides is 2. The molecular formula is C18H26N2O3. The quantitative estimate of drug-likeness (QED) is 0.772. The van der Waals surface area contributed by atoms with Gasteiger partial charge in [0, 0.05) is 32.5 Å². The smallest absolute Gasteiger partial charge is 0.223 e. The highest BCUT2D eigenvalue weighted by molar-refractivity contribution is 5.80. The van der Waals surface area contributed by atoms with Crippen LogP contribution in [0.2, 0.25) is 0 Å². The summed E-state index contributed by atoms with van der Waals surface area (Å²) in [5.74, 6) is 0.206. The highest BCUT2D eigenvalue weighted by atomic mass is 16.5. The zero-order valence-corrected chi connectivity index (χ0v) is 13.8. The monoisotopic (exact) mass is 318 g/mol. The number of carbonyl (C=O) groups is 2. The van der Waals surface area contributed by atoms with E-state index in [-0.39, 0.29) is 17.7 Å². The van der Waals surface area contributed by atoms with Crippen LogP contribution in [0.5, 0.6) is 0 Å². The van der Waals surface area contributed by atoms with Gasteiger partial charge in [-0.15, -0.1) is 0 Å². The van der Waals surface area contributed by atoms with Crippen molar-refractivity contribution in [3.8, 4) is 0 Å². The van der Waals surface area contributed by atoms with Crippen molar-refractivity contribution in [1.29, 1.82) is 0 Å². The Morgan fingerprint density at radius 3 is 2.65 bits per heavy atom. The van der Waals surface area contributed by atoms with Crippen LogP contribution in [0, 0.1) is 5.92 Å². The molecule has 1 aliphatic rings. The second kappa shape index (κ2) is 9.30. The van der Waals surface area contributed by atoms with Crippen molar-refractivity contribution in [2.45, 2.75) is 45.3 Å². The van der Waals surface area contributed by atoms with E-state index < -0.39 is 0 Å². The molecule has 1 aromatic carbocycles. The van der Waals surface area contributed by atoms with Gasteiger partial charge in [0.1, 0.15) is 0 Å². The van der Waals surface area contributed by atoms with Crippen molar-refractivity contribution in [1.82, 2.24) is 10.6 Å². The van der Waals surface area contributed by atoms with Gasteiger partial charge in [0.25, 0.3) is 0 Å². The maximum Gasteiger partial charge on any atom is 0.223 e. The molecule has 23 heavy (non-hydrogen) atoms. The fraction of sp³-hybridized carbons (Fsp3) is 0.556. The minimum absolute atomic E-state index is 0.0473. The maximum absolute atomic E-state index is 11.9. The van der Waals surface area contributed by atoms with Gasteiger partial charge >= 0.3 is 0 Å². The molecular weight excluding hydrogens is 292 g/mol. The Hall–Kier alpha value is -1.88. The average Bonchev–Trinajstić information content (AvgIpc) is 3.08. The first-order chi connectivity index (χ1) is 11.2. The van der Waals surface area contributed by atoms with Gasteiger partial charge in [0.15, 0.2) is 0 Å². The molecule has 1 aliphatic carbocycles. The molecule has 5 nitrogen and oxygen atoms in total. The molecule has 0 aliphatic heterocycles. The number of nitrogens with one attached hydrogen (secondary N) is 2. The lowest BCUT2D eigenvalue weighted by molar-refractivity contribution is -0.125. The third-order valence-electron chi connectivity index (χ3n) is 4.17. The summed E-state index contributed by atoms with van der Waals surface area (Å²) in [6, 6.07) is 7.94. The summed E-state index contributed by atoms with van der Waals surface area (Å²) in [5.41, 5.74) is 2.13. The summed E-state index contributed by atoms with van der Waals surface area (Å²) in [6.07, 6.45) is 4.56. The lowest BCUT2D eigenvalue weighted by atomic mass is 10.1. The zero-order chi connectivity index (χ0) is 16.5. The van der Waals surface area contributed by atoms with Crippen LogP contribution in [0.3, 0.4) is 0 Å². The molecule has 0 atom stereocenters. The van der Waals surface area contributed by atoms with Crippen LogP contribution in [0.25, 0.3) is 0 Å². The third-order valence-corrected chi connectivity index (χ3v) is 4.17. The van der Waals surface area contributed by atoms with E-state index in [1.54, 1.807) is 7.11 Å². The molecule has 0 spiro atoms. The molecule has 5 heteroatoms. The molecule has 0 bridgehead atoms. The van der Waals surface area contributed by atoms with Crippen LogP contribution in [0.1, 0.15) is 43.2 Å². The van der Waals surface area contributed by atoms with Crippen molar-refractivity contribution in [2.75, 3.05) is 13.7 Å². The van der Waals surface area contributed by atoms with Gasteiger partial charge in [-0.05, 0) is 24.0 Å². The molecule has 2 N–H and O–H groups in total. The van der Waals surface area contributed by atoms with Crippen LogP contribution in [0.15, 0.2) is 24.3 Å². The van der Waals surface area contributed by atoms with Gasteiger partial charge in [0.05, 0.1) is 6.61 Å². The number of hydrogen-bond donors (Lipinski definition) is 2. The molecule has 1 aromatic rings. The average molecular weight is 318 g/mol. The number of ether oxygens (including phenoxy) is 1. The van der Waals surface area contributed by atoms with E-state index in [9.17, 15) is 9.59 Å². The van der Waals surface area contributed by atoms with E-state index >= 15 is 0 Å². The van der Waals surface area contributed by atoms with Gasteiger partial charge in [-0.2, -0.15) is 0 Å². The molecule has 0 unspecified atom stereocenters. The first-order valence-electron chi connectivity index (χ1n) is 8.30. The minimum atomic E-state index is -0.0473. The SMILES string of the molecule is COCc1cccc(CNC(=O)CCNC(=O)C2CCCC2)c1. The van der Waals surface area contributed by atoms with Crippen molar-refractivity contribution in [2.24, 2.45) is 5.92 Å². The molecule has 1 saturated carbocycles. The third kappa shape index (κ3) is 6.02. The summed E-state index contributed by atoms with van der Waals surface area (Å²) in [4.78, 5) is 23.7. The van der Waals surface area contributed by atoms with Gasteiger partial charge in [-0.1, -0.05) is 37.1 Å². The normalized spacial score (nSPS) is 14.7. The lowest BCUT2D eigenvalue weighted by Crippen LogP contribution is -2.33. The lowest BCUT2D eigenvalue weighted by Gasteiger charge is -2.10. The highest BCUT2D eigenvalue weighted by Gasteiger charge is 2.22. The predicted molar refractivity (Wildman–Crippen MR) is 88.6 cm³/mol. The highest BCUT2D eigenvalue weighted by Crippen LogP contribution is 2.24. The molecule has 1 fully saturated rings. The van der Waals surface area contributed by atoms with E-state index in [1.807, 2.05) is 24.3 Å². The molecule has 2 amide bonds. The van der Waals surface area contributed by atoms with Crippen molar-refractivity contribution >= 4 is 11.8 Å². The Balaban J connectivity index is 1.64. The number of hydrogen-bond acceptors (Lipinski definition) is 3. The molecule has 2 rings (SSSR count). The summed E-state index contributed by atoms with van der Waals surface area (Å²) in [5, 5.41) is 5.74. The predicted octanol–water partition coefficient (Wildman–Crippen LogP) is 2.15. The van der Waals surface area contributed by atoms with Gasteiger partial charge in [0.2, 0.25) is 11.8 Å². The number of rotatable bonds is 8. The van der Waals surface area contributed by atoms with E-state index in [4.69, 9.17) is 4.74 Å². The molecule has 126 valence electrons. The maximum atomic E-state index is 11.9. The first kappa shape index (κ1) is 17.5. The standard InChI is InChI=1S/C18H26N2O3/c1-23-13-15-6-4-5-14(11-15)12-20-17(21)9-10-19-18(22)16-7-2-3-8-16/h4-6,11,16H,2-3,7-10,12-13H2,1H3,(H,19,22)(H,20,21). The van der Waals surface area contributed by atoms with Gasteiger partial charge < -0.3 is 15.4 Å². The number of methoxy groups -OCH3 is 1. The van der Waals surface area contributed by atoms with Crippen LogP contribution < -0.4 is 10.6 Å². The Kier molecular flexibility index (Phi) is 7.07. The molecule has 0 aromatic heterocycles. The minimum Gasteiger partial charge on any atom is -0.380 e. The fourth-order valence-corrected chi connectivity index (χ4v) is 2.92.